The lowest BCUT2D eigenvalue weighted by atomic mass is 10.1. The largest absolute Gasteiger partial charge is 0.736 e. The van der Waals surface area contributed by atoms with Gasteiger partial charge in [-0.1, -0.05) is 66.7 Å². The highest BCUT2D eigenvalue weighted by molar-refractivity contribution is 7.46. The van der Waals surface area contributed by atoms with Crippen molar-refractivity contribution in [3.63, 3.8) is 0 Å². The van der Waals surface area contributed by atoms with Gasteiger partial charge in [-0.3, -0.25) is 0 Å². The van der Waals surface area contributed by atoms with Crippen LogP contribution in [0.2, 0.25) is 0 Å². The molecule has 0 heterocycles. The summed E-state index contributed by atoms with van der Waals surface area (Å²) in [5.41, 5.74) is 1.55. The molecule has 0 spiro atoms. The minimum absolute atomic E-state index is 0.211. The normalized spacial score (nSPS) is 13.1. The van der Waals surface area contributed by atoms with Crippen molar-refractivity contribution in [2.45, 2.75) is 0 Å². The fraction of sp³-hybridized carbons (Fsp3) is 0. The van der Waals surface area contributed by atoms with Crippen LogP contribution in [0.25, 0.3) is 11.1 Å². The van der Waals surface area contributed by atoms with Crippen molar-refractivity contribution < 1.29 is 18.5 Å². The van der Waals surface area contributed by atoms with E-state index in [4.69, 9.17) is 9.05 Å². The molecule has 3 rings (SSSR count). The van der Waals surface area contributed by atoms with Crippen LogP contribution in [-0.2, 0) is 4.57 Å². The van der Waals surface area contributed by atoms with Crippen molar-refractivity contribution in [1.82, 2.24) is 0 Å². The van der Waals surface area contributed by atoms with E-state index < -0.39 is 7.82 Å². The lowest BCUT2D eigenvalue weighted by Gasteiger charge is -2.25. The molecule has 0 bridgehead atoms. The second-order valence-corrected chi connectivity index (χ2v) is 6.06. The fourth-order valence-corrected chi connectivity index (χ4v) is 2.97. The highest BCUT2D eigenvalue weighted by atomic mass is 31.2. The third-order valence-electron chi connectivity index (χ3n) is 3.14. The number of phosphoric ester groups is 1. The summed E-state index contributed by atoms with van der Waals surface area (Å²) < 4.78 is 22.3. The van der Waals surface area contributed by atoms with Crippen LogP contribution >= 0.6 is 7.82 Å². The Morgan fingerprint density at radius 1 is 0.696 bits per heavy atom. The SMILES string of the molecule is O=P([O-])(Oc1ccccc1)Oc1ccccc1-c1ccccc1. The van der Waals surface area contributed by atoms with Crippen LogP contribution in [-0.4, -0.2) is 0 Å². The van der Waals surface area contributed by atoms with Gasteiger partial charge >= 0.3 is 7.82 Å². The molecule has 1 atom stereocenters. The van der Waals surface area contributed by atoms with Crippen LogP contribution in [0.1, 0.15) is 0 Å². The molecule has 3 aromatic rings. The first-order valence-corrected chi connectivity index (χ1v) is 8.50. The van der Waals surface area contributed by atoms with Crippen LogP contribution in [0.4, 0.5) is 0 Å². The van der Waals surface area contributed by atoms with Crippen LogP contribution < -0.4 is 13.9 Å². The standard InChI is InChI=1S/C18H15O4P/c19-23(20,21-16-11-5-2-6-12-16)22-18-14-8-7-13-17(18)15-9-3-1-4-10-15/h1-14H,(H,19,20)/p-1. The number of hydrogen-bond donors (Lipinski definition) is 0. The first-order valence-electron chi connectivity index (χ1n) is 7.04. The summed E-state index contributed by atoms with van der Waals surface area (Å²) in [6, 6.07) is 24.6. The molecule has 0 aromatic heterocycles. The Hall–Kier alpha value is -2.55. The minimum atomic E-state index is -4.53. The van der Waals surface area contributed by atoms with E-state index in [1.165, 1.54) is 0 Å². The lowest BCUT2D eigenvalue weighted by Crippen LogP contribution is -2.13. The van der Waals surface area contributed by atoms with E-state index in [0.29, 0.717) is 5.56 Å². The summed E-state index contributed by atoms with van der Waals surface area (Å²) >= 11 is 0. The van der Waals surface area contributed by atoms with Gasteiger partial charge in [-0.2, -0.15) is 0 Å². The molecule has 0 amide bonds. The molecule has 3 aromatic carbocycles. The molecular formula is C18H14O4P-. The molecule has 0 aliphatic rings. The summed E-state index contributed by atoms with van der Waals surface area (Å²) in [6.07, 6.45) is 0. The van der Waals surface area contributed by atoms with Gasteiger partial charge in [-0.05, 0) is 23.8 Å². The molecule has 0 N–H and O–H groups in total. The smallest absolute Gasteiger partial charge is 0.372 e. The molecule has 116 valence electrons. The zero-order valence-corrected chi connectivity index (χ0v) is 13.1. The van der Waals surface area contributed by atoms with Gasteiger partial charge in [0.15, 0.2) is 0 Å². The van der Waals surface area contributed by atoms with Crippen LogP contribution in [0.5, 0.6) is 11.5 Å². The average Bonchev–Trinajstić information content (AvgIpc) is 2.56. The second-order valence-electron chi connectivity index (χ2n) is 4.81. The first-order chi connectivity index (χ1) is 11.1. The molecule has 4 nitrogen and oxygen atoms in total. The maximum atomic E-state index is 12.1. The van der Waals surface area contributed by atoms with E-state index in [0.717, 1.165) is 5.56 Å². The summed E-state index contributed by atoms with van der Waals surface area (Å²) in [4.78, 5) is 12.1. The molecule has 0 radical (unpaired) electrons. The van der Waals surface area contributed by atoms with Gasteiger partial charge in [0.05, 0.1) is 0 Å². The monoisotopic (exact) mass is 325 g/mol. The summed E-state index contributed by atoms with van der Waals surface area (Å²) in [5.74, 6) is 0.441. The molecular weight excluding hydrogens is 311 g/mol. The zero-order chi connectivity index (χ0) is 16.1. The quantitative estimate of drug-likeness (QED) is 0.657. The Morgan fingerprint density at radius 2 is 1.26 bits per heavy atom. The van der Waals surface area contributed by atoms with Crippen molar-refractivity contribution in [2.75, 3.05) is 0 Å². The van der Waals surface area contributed by atoms with Crippen LogP contribution in [0, 0.1) is 0 Å². The van der Waals surface area contributed by atoms with E-state index in [2.05, 4.69) is 0 Å². The van der Waals surface area contributed by atoms with E-state index in [9.17, 15) is 9.46 Å². The fourth-order valence-electron chi connectivity index (χ4n) is 2.15. The summed E-state index contributed by atoms with van der Waals surface area (Å²) in [7, 11) is -4.53. The van der Waals surface area contributed by atoms with Crippen molar-refractivity contribution in [3.8, 4) is 22.6 Å². The number of benzene rings is 3. The molecule has 0 saturated heterocycles. The highest BCUT2D eigenvalue weighted by Crippen LogP contribution is 2.43. The van der Waals surface area contributed by atoms with Gasteiger partial charge < -0.3 is 13.9 Å². The molecule has 0 saturated carbocycles. The summed E-state index contributed by atoms with van der Waals surface area (Å²) in [6.45, 7) is 0. The van der Waals surface area contributed by atoms with E-state index >= 15 is 0 Å². The number of hydrogen-bond acceptors (Lipinski definition) is 4. The first kappa shape index (κ1) is 15.3. The van der Waals surface area contributed by atoms with Gasteiger partial charge in [-0.25, -0.2) is 4.57 Å². The van der Waals surface area contributed by atoms with Gasteiger partial charge in [0.1, 0.15) is 11.5 Å². The van der Waals surface area contributed by atoms with E-state index in [-0.39, 0.29) is 11.5 Å². The molecule has 0 fully saturated rings. The Morgan fingerprint density at radius 3 is 1.96 bits per heavy atom. The Balaban J connectivity index is 1.87. The molecule has 1 unspecified atom stereocenters. The number of rotatable bonds is 5. The van der Waals surface area contributed by atoms with Crippen molar-refractivity contribution in [2.24, 2.45) is 0 Å². The number of para-hydroxylation sites is 2. The maximum Gasteiger partial charge on any atom is 0.372 e. The van der Waals surface area contributed by atoms with Crippen molar-refractivity contribution in [3.05, 3.63) is 84.9 Å². The molecule has 5 heteroatoms. The third kappa shape index (κ3) is 4.01. The van der Waals surface area contributed by atoms with Crippen LogP contribution in [0.3, 0.4) is 0 Å². The topological polar surface area (TPSA) is 58.6 Å². The van der Waals surface area contributed by atoms with E-state index in [1.54, 1.807) is 48.5 Å². The van der Waals surface area contributed by atoms with Crippen LogP contribution in [0.15, 0.2) is 84.9 Å². The molecule has 0 aliphatic heterocycles. The Labute approximate surface area is 134 Å². The van der Waals surface area contributed by atoms with E-state index in [1.807, 2.05) is 36.4 Å². The molecule has 0 aliphatic carbocycles. The average molecular weight is 325 g/mol. The van der Waals surface area contributed by atoms with Gasteiger partial charge in [0, 0.05) is 5.56 Å². The zero-order valence-electron chi connectivity index (χ0n) is 12.2. The van der Waals surface area contributed by atoms with Gasteiger partial charge in [0.25, 0.3) is 0 Å². The highest BCUT2D eigenvalue weighted by Gasteiger charge is 2.16. The minimum Gasteiger partial charge on any atom is -0.736 e. The lowest BCUT2D eigenvalue weighted by molar-refractivity contribution is -0.208. The summed E-state index contributed by atoms with van der Waals surface area (Å²) in [5, 5.41) is 0. The maximum absolute atomic E-state index is 12.1. The predicted octanol–water partition coefficient (Wildman–Crippen LogP) is 4.28. The Bertz CT molecular complexity index is 819. The molecule has 23 heavy (non-hydrogen) atoms. The van der Waals surface area contributed by atoms with Crippen molar-refractivity contribution in [1.29, 1.82) is 0 Å². The van der Waals surface area contributed by atoms with Crippen molar-refractivity contribution >= 4 is 7.82 Å². The number of phosphoric acid groups is 1. The predicted molar refractivity (Wildman–Crippen MR) is 87.2 cm³/mol. The third-order valence-corrected chi connectivity index (χ3v) is 4.00. The Kier molecular flexibility index (Phi) is 4.47. The van der Waals surface area contributed by atoms with Gasteiger partial charge in [0.2, 0.25) is 0 Å². The second kappa shape index (κ2) is 6.69. The van der Waals surface area contributed by atoms with Gasteiger partial charge in [-0.15, -0.1) is 0 Å².